The van der Waals surface area contributed by atoms with Crippen LogP contribution in [0.4, 0.5) is 0 Å². The van der Waals surface area contributed by atoms with E-state index in [1.165, 1.54) is 11.3 Å². The first-order valence-electron chi connectivity index (χ1n) is 7.79. The summed E-state index contributed by atoms with van der Waals surface area (Å²) in [5.74, 6) is 0.544. The average molecular weight is 339 g/mol. The van der Waals surface area contributed by atoms with Crippen molar-refractivity contribution in [1.82, 2.24) is 15.2 Å². The monoisotopic (exact) mass is 339 g/mol. The van der Waals surface area contributed by atoms with E-state index < -0.39 is 0 Å². The quantitative estimate of drug-likeness (QED) is 0.830. The molecule has 0 unspecified atom stereocenters. The van der Waals surface area contributed by atoms with Crippen molar-refractivity contribution in [2.75, 3.05) is 13.1 Å². The highest BCUT2D eigenvalue weighted by Gasteiger charge is 2.36. The topological polar surface area (TPSA) is 65.2 Å². The molecule has 120 valence electrons. The predicted octanol–water partition coefficient (Wildman–Crippen LogP) is 2.17. The fraction of sp³-hybridized carbons (Fsp3) is 0.667. The Balaban J connectivity index is 1.72. The number of likely N-dealkylation sites (tertiary alicyclic amines) is 1. The fourth-order valence-electron chi connectivity index (χ4n) is 3.50. The molecule has 0 saturated carbocycles. The van der Waals surface area contributed by atoms with Gasteiger partial charge in [-0.25, -0.2) is 0 Å². The van der Waals surface area contributed by atoms with Gasteiger partial charge in [0, 0.05) is 42.0 Å². The van der Waals surface area contributed by atoms with E-state index in [0.29, 0.717) is 19.4 Å². The number of piperidine rings is 1. The minimum absolute atomic E-state index is 0.113. The Morgan fingerprint density at radius 3 is 2.91 bits per heavy atom. The van der Waals surface area contributed by atoms with Crippen LogP contribution in [0, 0.1) is 16.8 Å². The summed E-state index contributed by atoms with van der Waals surface area (Å²) >= 11 is 6.63. The lowest BCUT2D eigenvalue weighted by atomic mass is 9.89. The van der Waals surface area contributed by atoms with Crippen LogP contribution in [0.1, 0.15) is 36.3 Å². The number of aromatic amines is 1. The minimum Gasteiger partial charge on any atom is -0.356 e. The molecule has 1 aromatic rings. The minimum atomic E-state index is 0.113. The van der Waals surface area contributed by atoms with Gasteiger partial charge in [-0.2, -0.15) is 0 Å². The lowest BCUT2D eigenvalue weighted by Crippen LogP contribution is -2.48. The van der Waals surface area contributed by atoms with E-state index >= 15 is 0 Å². The van der Waals surface area contributed by atoms with E-state index in [9.17, 15) is 9.59 Å². The van der Waals surface area contributed by atoms with Gasteiger partial charge in [-0.05, 0) is 38.4 Å². The van der Waals surface area contributed by atoms with Crippen molar-refractivity contribution in [2.24, 2.45) is 5.92 Å². The first kappa shape index (κ1) is 15.7. The van der Waals surface area contributed by atoms with Crippen molar-refractivity contribution >= 4 is 35.4 Å². The second-order valence-corrected chi connectivity index (χ2v) is 7.93. The van der Waals surface area contributed by atoms with Crippen LogP contribution >= 0.6 is 23.6 Å². The fourth-order valence-corrected chi connectivity index (χ4v) is 4.78. The van der Waals surface area contributed by atoms with Gasteiger partial charge in [0.15, 0.2) is 3.95 Å². The van der Waals surface area contributed by atoms with Crippen LogP contribution in [-0.2, 0) is 16.0 Å². The zero-order valence-corrected chi connectivity index (χ0v) is 14.3. The Labute approximate surface area is 139 Å². The molecule has 2 amide bonds. The normalized spacial score (nSPS) is 25.3. The predicted molar refractivity (Wildman–Crippen MR) is 88.4 cm³/mol. The number of H-pyrrole nitrogens is 1. The molecule has 22 heavy (non-hydrogen) atoms. The number of aromatic nitrogens is 1. The van der Waals surface area contributed by atoms with Gasteiger partial charge in [-0.1, -0.05) is 0 Å². The molecule has 0 aromatic carbocycles. The van der Waals surface area contributed by atoms with E-state index in [1.807, 2.05) is 11.8 Å². The number of hydrogen-bond acceptors (Lipinski definition) is 4. The molecule has 5 nitrogen and oxygen atoms in total. The molecule has 0 aliphatic carbocycles. The molecular formula is C15H21N3O2S2. The number of hydrogen-bond donors (Lipinski definition) is 2. The van der Waals surface area contributed by atoms with Gasteiger partial charge in [0.05, 0.1) is 6.42 Å². The number of aryl methyl sites for hydroxylation is 1. The highest BCUT2D eigenvalue weighted by Crippen LogP contribution is 2.28. The molecule has 0 radical (unpaired) electrons. The summed E-state index contributed by atoms with van der Waals surface area (Å²) in [6.45, 7) is 3.47. The van der Waals surface area contributed by atoms with E-state index in [-0.39, 0.29) is 23.8 Å². The summed E-state index contributed by atoms with van der Waals surface area (Å²) in [5, 5.41) is 2.89. The molecule has 2 aliphatic rings. The molecule has 2 aliphatic heterocycles. The van der Waals surface area contributed by atoms with Crippen LogP contribution in [0.25, 0.3) is 0 Å². The summed E-state index contributed by atoms with van der Waals surface area (Å²) in [4.78, 5) is 30.4. The largest absolute Gasteiger partial charge is 0.356 e. The van der Waals surface area contributed by atoms with Crippen molar-refractivity contribution in [3.05, 3.63) is 14.5 Å². The van der Waals surface area contributed by atoms with Gasteiger partial charge in [0.25, 0.3) is 0 Å². The van der Waals surface area contributed by atoms with Gasteiger partial charge >= 0.3 is 0 Å². The molecule has 2 N–H and O–H groups in total. The third kappa shape index (κ3) is 3.25. The number of rotatable bonds is 3. The molecular weight excluding hydrogens is 318 g/mol. The number of nitrogens with zero attached hydrogens (tertiary/aromatic N) is 1. The molecule has 7 heteroatoms. The van der Waals surface area contributed by atoms with Gasteiger partial charge in [0.2, 0.25) is 11.8 Å². The third-order valence-corrected chi connectivity index (χ3v) is 5.99. The Bertz CT molecular complexity index is 637. The third-order valence-electron chi connectivity index (χ3n) is 4.66. The van der Waals surface area contributed by atoms with Gasteiger partial charge < -0.3 is 15.2 Å². The van der Waals surface area contributed by atoms with Crippen LogP contribution < -0.4 is 5.32 Å². The Hall–Kier alpha value is -1.21. The van der Waals surface area contributed by atoms with Crippen LogP contribution in [0.3, 0.4) is 0 Å². The van der Waals surface area contributed by atoms with Crippen molar-refractivity contribution in [2.45, 2.75) is 45.1 Å². The van der Waals surface area contributed by atoms with Crippen LogP contribution in [0.5, 0.6) is 0 Å². The standard InChI is InChI=1S/C15H21N3O2S2/c1-9-12(22-15(21)17-9)7-14(20)18-5-3-2-4-11(18)10-6-13(19)16-8-10/h10-11H,2-8H2,1H3,(H,16,19)(H,17,21)/t10-,11+/m0/s1. The average Bonchev–Trinajstić information content (AvgIpc) is 3.05. The van der Waals surface area contributed by atoms with E-state index in [4.69, 9.17) is 12.2 Å². The summed E-state index contributed by atoms with van der Waals surface area (Å²) < 4.78 is 0.723. The first-order chi connectivity index (χ1) is 10.5. The van der Waals surface area contributed by atoms with Gasteiger partial charge in [-0.15, -0.1) is 11.3 Å². The summed E-state index contributed by atoms with van der Waals surface area (Å²) in [6.07, 6.45) is 4.16. The maximum absolute atomic E-state index is 12.8. The molecule has 2 saturated heterocycles. The summed E-state index contributed by atoms with van der Waals surface area (Å²) in [5.41, 5.74) is 0.995. The van der Waals surface area contributed by atoms with Crippen molar-refractivity contribution in [3.8, 4) is 0 Å². The highest BCUT2D eigenvalue weighted by molar-refractivity contribution is 7.73. The highest BCUT2D eigenvalue weighted by atomic mass is 32.1. The van der Waals surface area contributed by atoms with E-state index in [1.54, 1.807) is 0 Å². The zero-order chi connectivity index (χ0) is 15.7. The van der Waals surface area contributed by atoms with Gasteiger partial charge in [-0.3, -0.25) is 9.59 Å². The van der Waals surface area contributed by atoms with E-state index in [2.05, 4.69) is 10.3 Å². The molecule has 3 heterocycles. The van der Waals surface area contributed by atoms with Gasteiger partial charge in [0.1, 0.15) is 0 Å². The summed E-state index contributed by atoms with van der Waals surface area (Å²) in [6, 6.07) is 0.201. The van der Waals surface area contributed by atoms with Crippen LogP contribution in [0.15, 0.2) is 0 Å². The van der Waals surface area contributed by atoms with Crippen molar-refractivity contribution < 1.29 is 9.59 Å². The Morgan fingerprint density at radius 2 is 2.27 bits per heavy atom. The Kier molecular flexibility index (Phi) is 4.63. The number of carbonyl (C=O) groups excluding carboxylic acids is 2. The van der Waals surface area contributed by atoms with Crippen molar-refractivity contribution in [1.29, 1.82) is 0 Å². The lowest BCUT2D eigenvalue weighted by Gasteiger charge is -2.39. The number of carbonyl (C=O) groups is 2. The summed E-state index contributed by atoms with van der Waals surface area (Å²) in [7, 11) is 0. The first-order valence-corrected chi connectivity index (χ1v) is 9.02. The molecule has 2 fully saturated rings. The smallest absolute Gasteiger partial charge is 0.228 e. The molecule has 2 atom stereocenters. The Morgan fingerprint density at radius 1 is 1.45 bits per heavy atom. The molecule has 0 spiro atoms. The zero-order valence-electron chi connectivity index (χ0n) is 12.7. The number of nitrogens with one attached hydrogen (secondary N) is 2. The lowest BCUT2D eigenvalue weighted by molar-refractivity contribution is -0.135. The SMILES string of the molecule is Cc1[nH]c(=S)sc1CC(=O)N1CCCC[C@@H]1[C@@H]1CNC(=O)C1. The maximum Gasteiger partial charge on any atom is 0.228 e. The van der Waals surface area contributed by atoms with Crippen LogP contribution in [-0.4, -0.2) is 40.8 Å². The second kappa shape index (κ2) is 6.50. The number of amides is 2. The molecule has 0 bridgehead atoms. The van der Waals surface area contributed by atoms with Crippen LogP contribution in [0.2, 0.25) is 0 Å². The molecule has 3 rings (SSSR count). The molecule has 1 aromatic heterocycles. The van der Waals surface area contributed by atoms with E-state index in [0.717, 1.165) is 40.3 Å². The second-order valence-electron chi connectivity index (χ2n) is 6.16. The number of thiazole rings is 1. The van der Waals surface area contributed by atoms with Crippen molar-refractivity contribution in [3.63, 3.8) is 0 Å². The maximum atomic E-state index is 12.8.